The lowest BCUT2D eigenvalue weighted by Crippen LogP contribution is -2.42. The van der Waals surface area contributed by atoms with Gasteiger partial charge in [-0.2, -0.15) is 0 Å². The van der Waals surface area contributed by atoms with Crippen molar-refractivity contribution in [3.05, 3.63) is 35.4 Å². The largest absolute Gasteiger partial charge is 0.384 e. The van der Waals surface area contributed by atoms with Gasteiger partial charge in [0.1, 0.15) is 6.61 Å². The monoisotopic (exact) mass is 273 g/mol. The van der Waals surface area contributed by atoms with Crippen molar-refractivity contribution < 1.29 is 14.6 Å². The third-order valence-electron chi connectivity index (χ3n) is 3.42. The van der Waals surface area contributed by atoms with Crippen molar-refractivity contribution in [1.82, 2.24) is 4.90 Å². The number of likely N-dealkylation sites (tertiary alicyclic amines) is 1. The van der Waals surface area contributed by atoms with Gasteiger partial charge in [-0.25, -0.2) is 0 Å². The van der Waals surface area contributed by atoms with Gasteiger partial charge >= 0.3 is 0 Å². The van der Waals surface area contributed by atoms with Crippen molar-refractivity contribution in [3.63, 3.8) is 0 Å². The minimum atomic E-state index is -0.181. The summed E-state index contributed by atoms with van der Waals surface area (Å²) in [5.41, 5.74) is 1.37. The number of piperidine rings is 1. The first-order valence-electron chi connectivity index (χ1n) is 6.76. The molecule has 1 atom stereocenters. The summed E-state index contributed by atoms with van der Waals surface area (Å²) in [4.78, 5) is 14.3. The molecule has 1 saturated heterocycles. The molecular weight excluding hydrogens is 254 g/mol. The maximum absolute atomic E-state index is 12.5. The summed E-state index contributed by atoms with van der Waals surface area (Å²) in [6.07, 6.45) is 2.10. The number of hydrogen-bond donors (Lipinski definition) is 1. The molecule has 1 aliphatic rings. The minimum Gasteiger partial charge on any atom is -0.384 e. The zero-order valence-corrected chi connectivity index (χ0v) is 11.6. The van der Waals surface area contributed by atoms with Gasteiger partial charge in [0.05, 0.1) is 6.10 Å². The zero-order chi connectivity index (χ0) is 14.4. The smallest absolute Gasteiger partial charge is 0.253 e. The van der Waals surface area contributed by atoms with Crippen LogP contribution in [0, 0.1) is 11.8 Å². The van der Waals surface area contributed by atoms with Crippen LogP contribution in [-0.4, -0.2) is 48.8 Å². The number of amides is 1. The second kappa shape index (κ2) is 7.09. The van der Waals surface area contributed by atoms with Crippen LogP contribution >= 0.6 is 0 Å². The number of methoxy groups -OCH3 is 1. The predicted molar refractivity (Wildman–Crippen MR) is 76.3 cm³/mol. The molecule has 1 unspecified atom stereocenters. The normalized spacial score (nSPS) is 18.3. The number of carbonyl (C=O) groups excluding carboxylic acids is 1. The van der Waals surface area contributed by atoms with E-state index in [0.29, 0.717) is 12.1 Å². The van der Waals surface area contributed by atoms with E-state index in [-0.39, 0.29) is 18.6 Å². The molecule has 20 heavy (non-hydrogen) atoms. The first kappa shape index (κ1) is 14.6. The van der Waals surface area contributed by atoms with E-state index in [2.05, 4.69) is 11.8 Å². The van der Waals surface area contributed by atoms with Crippen LogP contribution in [0.5, 0.6) is 0 Å². The van der Waals surface area contributed by atoms with Crippen molar-refractivity contribution in [3.8, 4) is 11.8 Å². The number of carbonyl (C=O) groups is 1. The van der Waals surface area contributed by atoms with E-state index in [1.807, 2.05) is 17.0 Å². The Morgan fingerprint density at radius 2 is 2.40 bits per heavy atom. The summed E-state index contributed by atoms with van der Waals surface area (Å²) in [5.74, 6) is 5.42. The first-order chi connectivity index (χ1) is 9.74. The maximum Gasteiger partial charge on any atom is 0.253 e. The number of aliphatic hydroxyl groups is 1. The lowest BCUT2D eigenvalue weighted by molar-refractivity contribution is 0.0269. The molecule has 1 aromatic carbocycles. The number of rotatable bonds is 2. The van der Waals surface area contributed by atoms with Crippen molar-refractivity contribution in [2.45, 2.75) is 18.9 Å². The Morgan fingerprint density at radius 1 is 1.55 bits per heavy atom. The van der Waals surface area contributed by atoms with E-state index >= 15 is 0 Å². The van der Waals surface area contributed by atoms with Crippen LogP contribution in [0.4, 0.5) is 0 Å². The van der Waals surface area contributed by atoms with Gasteiger partial charge in [0, 0.05) is 31.3 Å². The lowest BCUT2D eigenvalue weighted by atomic mass is 10.1. The van der Waals surface area contributed by atoms with Crippen molar-refractivity contribution in [1.29, 1.82) is 0 Å². The van der Waals surface area contributed by atoms with Gasteiger partial charge in [-0.05, 0) is 31.0 Å². The third kappa shape index (κ3) is 3.60. The van der Waals surface area contributed by atoms with Crippen LogP contribution in [0.3, 0.4) is 0 Å². The molecule has 1 amide bonds. The van der Waals surface area contributed by atoms with E-state index < -0.39 is 0 Å². The molecule has 1 fully saturated rings. The molecule has 4 nitrogen and oxygen atoms in total. The summed E-state index contributed by atoms with van der Waals surface area (Å²) < 4.78 is 5.34. The van der Waals surface area contributed by atoms with Gasteiger partial charge < -0.3 is 14.7 Å². The number of hydrogen-bond acceptors (Lipinski definition) is 3. The van der Waals surface area contributed by atoms with E-state index in [0.717, 1.165) is 24.9 Å². The summed E-state index contributed by atoms with van der Waals surface area (Å²) in [5, 5.41) is 8.70. The van der Waals surface area contributed by atoms with Gasteiger partial charge in [0.2, 0.25) is 0 Å². The first-order valence-corrected chi connectivity index (χ1v) is 6.76. The fraction of sp³-hybridized carbons (Fsp3) is 0.438. The molecule has 2 rings (SSSR count). The molecule has 0 saturated carbocycles. The van der Waals surface area contributed by atoms with E-state index in [1.165, 1.54) is 0 Å². The molecule has 0 bridgehead atoms. The van der Waals surface area contributed by atoms with Crippen LogP contribution in [0.1, 0.15) is 28.8 Å². The Balaban J connectivity index is 2.12. The average Bonchev–Trinajstić information content (AvgIpc) is 2.52. The molecule has 0 aliphatic carbocycles. The van der Waals surface area contributed by atoms with Crippen LogP contribution in [-0.2, 0) is 4.74 Å². The Morgan fingerprint density at radius 3 is 3.15 bits per heavy atom. The topological polar surface area (TPSA) is 49.8 Å². The Hall–Kier alpha value is -1.83. The summed E-state index contributed by atoms with van der Waals surface area (Å²) in [6, 6.07) is 7.20. The molecular formula is C16H19NO3. The molecule has 4 heteroatoms. The second-order valence-corrected chi connectivity index (χ2v) is 4.79. The van der Waals surface area contributed by atoms with Crippen molar-refractivity contribution >= 4 is 5.91 Å². The molecule has 0 radical (unpaired) electrons. The number of ether oxygens (including phenoxy) is 1. The zero-order valence-electron chi connectivity index (χ0n) is 11.6. The van der Waals surface area contributed by atoms with E-state index in [9.17, 15) is 4.79 Å². The van der Waals surface area contributed by atoms with Crippen molar-refractivity contribution in [2.75, 3.05) is 26.8 Å². The van der Waals surface area contributed by atoms with Crippen LogP contribution in [0.25, 0.3) is 0 Å². The summed E-state index contributed by atoms with van der Waals surface area (Å²) in [7, 11) is 1.68. The number of nitrogens with zero attached hydrogens (tertiary/aromatic N) is 1. The average molecular weight is 273 g/mol. The maximum atomic E-state index is 12.5. The molecule has 1 heterocycles. The standard InChI is InChI=1S/C16H19NO3/c1-20-15-8-3-9-17(12-15)16(19)14-7-2-5-13(11-14)6-4-10-18/h2,5,7,11,15,18H,3,8-10,12H2,1H3. The Labute approximate surface area is 119 Å². The predicted octanol–water partition coefficient (Wildman–Crippen LogP) is 1.28. The highest BCUT2D eigenvalue weighted by Gasteiger charge is 2.24. The van der Waals surface area contributed by atoms with Crippen LogP contribution in [0.2, 0.25) is 0 Å². The third-order valence-corrected chi connectivity index (χ3v) is 3.42. The minimum absolute atomic E-state index is 0.0133. The molecule has 1 aliphatic heterocycles. The Kier molecular flexibility index (Phi) is 5.16. The summed E-state index contributed by atoms with van der Waals surface area (Å²) in [6.45, 7) is 1.23. The fourth-order valence-electron chi connectivity index (χ4n) is 2.37. The SMILES string of the molecule is COC1CCCN(C(=O)c2cccc(C#CCO)c2)C1. The number of benzene rings is 1. The highest BCUT2D eigenvalue weighted by Crippen LogP contribution is 2.16. The van der Waals surface area contributed by atoms with Gasteiger partial charge in [-0.3, -0.25) is 4.79 Å². The van der Waals surface area contributed by atoms with Gasteiger partial charge in [0.15, 0.2) is 0 Å². The summed E-state index contributed by atoms with van der Waals surface area (Å²) >= 11 is 0. The highest BCUT2D eigenvalue weighted by molar-refractivity contribution is 5.94. The van der Waals surface area contributed by atoms with Crippen LogP contribution in [0.15, 0.2) is 24.3 Å². The van der Waals surface area contributed by atoms with Crippen LogP contribution < -0.4 is 0 Å². The molecule has 1 N–H and O–H groups in total. The van der Waals surface area contributed by atoms with Gasteiger partial charge in [0.25, 0.3) is 5.91 Å². The van der Waals surface area contributed by atoms with E-state index in [1.54, 1.807) is 19.2 Å². The van der Waals surface area contributed by atoms with Gasteiger partial charge in [-0.15, -0.1) is 0 Å². The highest BCUT2D eigenvalue weighted by atomic mass is 16.5. The van der Waals surface area contributed by atoms with Gasteiger partial charge in [-0.1, -0.05) is 17.9 Å². The lowest BCUT2D eigenvalue weighted by Gasteiger charge is -2.32. The molecule has 0 spiro atoms. The molecule has 0 aromatic heterocycles. The van der Waals surface area contributed by atoms with Crippen molar-refractivity contribution in [2.24, 2.45) is 0 Å². The molecule has 106 valence electrons. The second-order valence-electron chi connectivity index (χ2n) is 4.79. The number of aliphatic hydroxyl groups excluding tert-OH is 1. The Bertz CT molecular complexity index is 530. The quantitative estimate of drug-likeness (QED) is 0.826. The van der Waals surface area contributed by atoms with E-state index in [4.69, 9.17) is 9.84 Å². The fourth-order valence-corrected chi connectivity index (χ4v) is 2.37. The molecule has 1 aromatic rings.